The molecule has 49 heteroatoms. The molecule has 0 aliphatic carbocycles. The SMILES string of the molecule is Nc1ncnc2c1ncn2[C@@H]1O[C@H](COP(=O)(O)CO[C@H]2[C@H](O)[C@@H](COP(=O)(O)CO[C@H]3[C@H](O)[C@@H](COP(=O)(O)O[C@@H]4[C@H](O)[C@@H](COP(=O)(O)O)O[C@H]4n4cnc5c(N)ncnc54)O[C@H]3n3cnc4c(N)ncnc43)O[C@H]2n2cnc3c(N)ncnc32)[C@@H](O)[C@H]1O. The first kappa shape index (κ1) is 64.6. The molecule has 492 valence electrons. The standard InChI is InChI=1S/C42H54N20O25P4/c43-31-19-35(51-5-47-31)59(9-55-19)39-27(67)23(63)15(83-39)1-79-88(68,69)13-77-28-24(64)16(84-40(28)60-10-56-20-32(44)48-6-52-36(20)60)2-80-89(70,71)14-78-29-25(65)18(85-41(29)61-11-57-21-33(45)49-7-53-37(21)61)4-82-91(75,76)87-30-26(66)17(3-81-90(72,73)74)86-42(30)62-12-58-22-34(46)50-8-54-38(22)62/h5-12,15-18,23-30,39-42,63-67H,1-4,13-14H2,(H,68,69)(H,70,71)(H,75,76)(H2,43,47,51)(H2,44,48,52)(H2,45,49,53)(H2,46,50,54)(H2,72,73,74)/t15-,16-,17-,18-,23-,24-,25-,26-,27-,28+,29+,30-,39-,40-,41-,42-/m1/s1. The zero-order chi connectivity index (χ0) is 64.6. The Morgan fingerprint density at radius 1 is 0.396 bits per heavy atom. The summed E-state index contributed by atoms with van der Waals surface area (Å²) in [6.45, 7) is -3.72. The summed E-state index contributed by atoms with van der Waals surface area (Å²) < 4.78 is 119. The lowest BCUT2D eigenvalue weighted by atomic mass is 10.1. The molecule has 4 aliphatic rings. The second-order valence-electron chi connectivity index (χ2n) is 20.6. The predicted molar refractivity (Wildman–Crippen MR) is 294 cm³/mol. The summed E-state index contributed by atoms with van der Waals surface area (Å²) in [5, 5.41) is 56.6. The second kappa shape index (κ2) is 25.1. The van der Waals surface area contributed by atoms with Crippen molar-refractivity contribution >= 4 is 98.8 Å². The molecule has 8 aromatic heterocycles. The highest BCUT2D eigenvalue weighted by Gasteiger charge is 2.54. The van der Waals surface area contributed by atoms with Crippen LogP contribution in [0.4, 0.5) is 23.3 Å². The number of phosphoric ester groups is 2. The minimum atomic E-state index is -5.47. The topological polar surface area (TPSA) is 651 Å². The third-order valence-corrected chi connectivity index (χ3v) is 18.3. The molecule has 45 nitrogen and oxygen atoms in total. The van der Waals surface area contributed by atoms with Crippen molar-refractivity contribution in [3.8, 4) is 0 Å². The number of hydrogen-bond donors (Lipinski definition) is 14. The Morgan fingerprint density at radius 2 is 0.703 bits per heavy atom. The number of hydrogen-bond acceptors (Lipinski definition) is 36. The van der Waals surface area contributed by atoms with Gasteiger partial charge in [0.2, 0.25) is 0 Å². The highest BCUT2D eigenvalue weighted by molar-refractivity contribution is 7.52. The molecule has 0 amide bonds. The van der Waals surface area contributed by atoms with E-state index in [1.165, 1.54) is 26.4 Å². The Balaban J connectivity index is 0.718. The van der Waals surface area contributed by atoms with Gasteiger partial charge in [0.15, 0.2) is 70.8 Å². The van der Waals surface area contributed by atoms with Crippen LogP contribution in [-0.4, -0.2) is 240 Å². The van der Waals surface area contributed by atoms with Gasteiger partial charge in [-0.25, -0.2) is 68.9 Å². The van der Waals surface area contributed by atoms with Crippen LogP contribution < -0.4 is 22.9 Å². The minimum absolute atomic E-state index is 0.0161. The Labute approximate surface area is 505 Å². The van der Waals surface area contributed by atoms with Crippen LogP contribution in [-0.2, 0) is 69.3 Å². The molecule has 91 heavy (non-hydrogen) atoms. The van der Waals surface area contributed by atoms with Gasteiger partial charge < -0.3 is 110 Å². The van der Waals surface area contributed by atoms with Crippen LogP contribution >= 0.6 is 30.8 Å². The zero-order valence-corrected chi connectivity index (χ0v) is 49.5. The monoisotopic (exact) mass is 1360 g/mol. The van der Waals surface area contributed by atoms with E-state index in [2.05, 4.69) is 64.3 Å². The first-order valence-corrected chi connectivity index (χ1v) is 33.0. The Morgan fingerprint density at radius 3 is 1.08 bits per heavy atom. The van der Waals surface area contributed by atoms with Crippen molar-refractivity contribution in [2.24, 2.45) is 0 Å². The maximum atomic E-state index is 13.9. The van der Waals surface area contributed by atoms with Gasteiger partial charge in [0.1, 0.15) is 133 Å². The van der Waals surface area contributed by atoms with Gasteiger partial charge in [-0.1, -0.05) is 0 Å². The maximum Gasteiger partial charge on any atom is 0.472 e. The fourth-order valence-electron chi connectivity index (χ4n) is 10.4. The molecule has 4 saturated heterocycles. The first-order valence-electron chi connectivity index (χ1n) is 26.4. The third kappa shape index (κ3) is 13.0. The molecule has 4 fully saturated rings. The average Bonchev–Trinajstić information content (AvgIpc) is 1.66. The fraction of sp³-hybridized carbons (Fsp3) is 0.524. The van der Waals surface area contributed by atoms with Gasteiger partial charge in [0, 0.05) is 0 Å². The van der Waals surface area contributed by atoms with Crippen molar-refractivity contribution in [2.75, 3.05) is 62.1 Å². The van der Waals surface area contributed by atoms with Crippen LogP contribution in [0.3, 0.4) is 0 Å². The summed E-state index contributed by atoms with van der Waals surface area (Å²) in [6, 6.07) is 0. The number of phosphoric acid groups is 2. The number of aliphatic hydroxyl groups excluding tert-OH is 5. The van der Waals surface area contributed by atoms with Crippen molar-refractivity contribution in [1.82, 2.24) is 78.1 Å². The smallest absolute Gasteiger partial charge is 0.387 e. The molecule has 8 aromatic rings. The lowest BCUT2D eigenvalue weighted by Gasteiger charge is -2.25. The number of imidazole rings is 4. The normalized spacial score (nSPS) is 30.9. The van der Waals surface area contributed by atoms with Gasteiger partial charge in [-0.3, -0.25) is 41.0 Å². The molecule has 18 N–H and O–H groups in total. The van der Waals surface area contributed by atoms with Crippen molar-refractivity contribution in [3.05, 3.63) is 50.6 Å². The van der Waals surface area contributed by atoms with Crippen molar-refractivity contribution in [1.29, 1.82) is 0 Å². The predicted octanol–water partition coefficient (Wildman–Crippen LogP) is -4.23. The average molecular weight is 1360 g/mol. The summed E-state index contributed by atoms with van der Waals surface area (Å²) in [5.74, 6) is -0.242. The van der Waals surface area contributed by atoms with Crippen molar-refractivity contribution in [2.45, 2.75) is 98.2 Å². The van der Waals surface area contributed by atoms with Crippen molar-refractivity contribution < 1.29 is 119 Å². The lowest BCUT2D eigenvalue weighted by molar-refractivity contribution is -0.0700. The number of aromatic nitrogens is 16. The van der Waals surface area contributed by atoms with E-state index in [4.69, 9.17) is 69.5 Å². The number of nitrogens with two attached hydrogens (primary N) is 4. The van der Waals surface area contributed by atoms with E-state index < -0.39 is 168 Å². The van der Waals surface area contributed by atoms with Gasteiger partial charge in [0.25, 0.3) is 0 Å². The Bertz CT molecular complexity index is 4190. The molecule has 0 spiro atoms. The van der Waals surface area contributed by atoms with E-state index in [9.17, 15) is 68.3 Å². The van der Waals surface area contributed by atoms with Crippen LogP contribution in [0.15, 0.2) is 50.6 Å². The molecule has 0 saturated carbocycles. The number of nitrogen functional groups attached to an aromatic ring is 4. The summed E-state index contributed by atoms with van der Waals surface area (Å²) in [5.41, 5.74) is 24.3. The number of ether oxygens (including phenoxy) is 6. The van der Waals surface area contributed by atoms with Crippen LogP contribution in [0.1, 0.15) is 24.9 Å². The van der Waals surface area contributed by atoms with E-state index in [0.717, 1.165) is 42.5 Å². The molecule has 0 bridgehead atoms. The van der Waals surface area contributed by atoms with Crippen LogP contribution in [0.2, 0.25) is 0 Å². The van der Waals surface area contributed by atoms with E-state index in [1.807, 2.05) is 0 Å². The summed E-state index contributed by atoms with van der Waals surface area (Å²) >= 11 is 0. The summed E-state index contributed by atoms with van der Waals surface area (Å²) in [6.07, 6.45) is -20.2. The molecular formula is C42H54N20O25P4. The highest BCUT2D eigenvalue weighted by Crippen LogP contribution is 2.52. The molecule has 19 atom stereocenters. The molecular weight excluding hydrogens is 1310 g/mol. The first-order chi connectivity index (χ1) is 43.2. The summed E-state index contributed by atoms with van der Waals surface area (Å²) in [4.78, 5) is 101. The van der Waals surface area contributed by atoms with Crippen LogP contribution in [0.5, 0.6) is 0 Å². The highest BCUT2D eigenvalue weighted by atomic mass is 31.2. The number of fused-ring (bicyclic) bond motifs is 4. The molecule has 12 heterocycles. The van der Waals surface area contributed by atoms with Crippen LogP contribution in [0.25, 0.3) is 44.7 Å². The van der Waals surface area contributed by atoms with Crippen molar-refractivity contribution in [3.63, 3.8) is 0 Å². The van der Waals surface area contributed by atoms with Gasteiger partial charge in [0.05, 0.1) is 51.7 Å². The molecule has 12 rings (SSSR count). The number of nitrogens with zero attached hydrogens (tertiary/aromatic N) is 16. The number of aliphatic hydroxyl groups is 5. The number of anilines is 4. The van der Waals surface area contributed by atoms with Gasteiger partial charge >= 0.3 is 30.8 Å². The third-order valence-electron chi connectivity index (χ3n) is 14.7. The largest absolute Gasteiger partial charge is 0.472 e. The molecule has 0 aromatic carbocycles. The molecule has 4 aliphatic heterocycles. The minimum Gasteiger partial charge on any atom is -0.387 e. The van der Waals surface area contributed by atoms with E-state index in [-0.39, 0.29) is 67.9 Å². The Hall–Kier alpha value is -6.52. The maximum absolute atomic E-state index is 13.9. The summed E-state index contributed by atoms with van der Waals surface area (Å²) in [7, 11) is -20.6. The van der Waals surface area contributed by atoms with Gasteiger partial charge in [-0.15, -0.1) is 0 Å². The lowest BCUT2D eigenvalue weighted by Crippen LogP contribution is -2.37. The fourth-order valence-corrected chi connectivity index (χ4v) is 13.3. The van der Waals surface area contributed by atoms with E-state index >= 15 is 0 Å². The van der Waals surface area contributed by atoms with E-state index in [0.29, 0.717) is 0 Å². The van der Waals surface area contributed by atoms with E-state index in [1.54, 1.807) is 0 Å². The van der Waals surface area contributed by atoms with Gasteiger partial charge in [-0.2, -0.15) is 0 Å². The number of rotatable bonds is 24. The quantitative estimate of drug-likeness (QED) is 0.0255. The van der Waals surface area contributed by atoms with Crippen LogP contribution in [0, 0.1) is 0 Å². The Kier molecular flexibility index (Phi) is 17.8. The molecule has 0 radical (unpaired) electrons. The van der Waals surface area contributed by atoms with Gasteiger partial charge in [-0.05, 0) is 0 Å². The second-order valence-corrected chi connectivity index (χ2v) is 26.8. The molecule has 3 unspecified atom stereocenters. The zero-order valence-electron chi connectivity index (χ0n) is 45.9.